The molecular formula is C16H31IN4S. The maximum Gasteiger partial charge on any atom is 0.190 e. The van der Waals surface area contributed by atoms with Gasteiger partial charge < -0.3 is 10.6 Å². The number of hydrogen-bond donors (Lipinski definition) is 2. The van der Waals surface area contributed by atoms with E-state index in [-0.39, 0.29) is 24.0 Å². The molecule has 0 fully saturated rings. The normalized spacial score (nSPS) is 11.5. The molecular weight excluding hydrogens is 407 g/mol. The van der Waals surface area contributed by atoms with Crippen LogP contribution in [-0.4, -0.2) is 31.1 Å². The number of halogens is 1. The van der Waals surface area contributed by atoms with Gasteiger partial charge >= 0.3 is 0 Å². The topological polar surface area (TPSA) is 49.3 Å². The molecule has 0 amide bonds. The zero-order chi connectivity index (χ0) is 15.7. The molecule has 0 radical (unpaired) electrons. The lowest BCUT2D eigenvalue weighted by Gasteiger charge is -2.11. The molecule has 0 unspecified atom stereocenters. The van der Waals surface area contributed by atoms with Crippen molar-refractivity contribution in [3.63, 3.8) is 0 Å². The molecule has 0 saturated carbocycles. The molecule has 0 atom stereocenters. The van der Waals surface area contributed by atoms with E-state index in [9.17, 15) is 0 Å². The summed E-state index contributed by atoms with van der Waals surface area (Å²) in [6.07, 6.45) is 4.73. The van der Waals surface area contributed by atoms with Crippen LogP contribution in [0.5, 0.6) is 0 Å². The zero-order valence-corrected chi connectivity index (χ0v) is 17.7. The Kier molecular flexibility index (Phi) is 11.9. The Balaban J connectivity index is 0.00000441. The van der Waals surface area contributed by atoms with Crippen LogP contribution in [0.4, 0.5) is 0 Å². The monoisotopic (exact) mass is 438 g/mol. The van der Waals surface area contributed by atoms with Crippen LogP contribution in [-0.2, 0) is 6.42 Å². The highest BCUT2D eigenvalue weighted by molar-refractivity contribution is 14.0. The van der Waals surface area contributed by atoms with Crippen LogP contribution in [0.15, 0.2) is 4.99 Å². The summed E-state index contributed by atoms with van der Waals surface area (Å²) < 4.78 is 0. The van der Waals surface area contributed by atoms with E-state index in [1.807, 2.05) is 7.05 Å². The lowest BCUT2D eigenvalue weighted by atomic mass is 10.1. The van der Waals surface area contributed by atoms with Gasteiger partial charge in [0.1, 0.15) is 0 Å². The van der Waals surface area contributed by atoms with Crippen molar-refractivity contribution in [3.05, 3.63) is 15.6 Å². The summed E-state index contributed by atoms with van der Waals surface area (Å²) >= 11 is 1.79. The first-order valence-electron chi connectivity index (χ1n) is 7.90. The number of unbranched alkanes of at least 4 members (excludes halogenated alkanes) is 1. The van der Waals surface area contributed by atoms with E-state index in [1.165, 1.54) is 29.1 Å². The molecule has 0 bridgehead atoms. The Morgan fingerprint density at radius 1 is 1.18 bits per heavy atom. The molecule has 1 aromatic rings. The second-order valence-corrected chi connectivity index (χ2v) is 7.10. The third-order valence-corrected chi connectivity index (χ3v) is 4.56. The highest BCUT2D eigenvalue weighted by atomic mass is 127. The summed E-state index contributed by atoms with van der Waals surface area (Å²) in [5.41, 5.74) is 1.16. The summed E-state index contributed by atoms with van der Waals surface area (Å²) in [5, 5.41) is 7.92. The number of nitrogens with one attached hydrogen (secondary N) is 2. The smallest absolute Gasteiger partial charge is 0.190 e. The van der Waals surface area contributed by atoms with Crippen LogP contribution >= 0.6 is 35.3 Å². The summed E-state index contributed by atoms with van der Waals surface area (Å²) in [6.45, 7) is 10.6. The Hall–Kier alpha value is -0.370. The maximum absolute atomic E-state index is 4.55. The van der Waals surface area contributed by atoms with Crippen LogP contribution in [0.2, 0.25) is 0 Å². The third kappa shape index (κ3) is 8.92. The summed E-state index contributed by atoms with van der Waals surface area (Å²) in [6, 6.07) is 0. The van der Waals surface area contributed by atoms with Gasteiger partial charge in [0.25, 0.3) is 0 Å². The van der Waals surface area contributed by atoms with Gasteiger partial charge in [-0.3, -0.25) is 4.99 Å². The van der Waals surface area contributed by atoms with Crippen molar-refractivity contribution in [2.75, 3.05) is 20.1 Å². The lowest BCUT2D eigenvalue weighted by molar-refractivity contribution is 0.534. The average molecular weight is 438 g/mol. The maximum atomic E-state index is 4.55. The second kappa shape index (κ2) is 12.1. The summed E-state index contributed by atoms with van der Waals surface area (Å²) in [5.74, 6) is 1.69. The molecule has 0 aliphatic carbocycles. The summed E-state index contributed by atoms with van der Waals surface area (Å²) in [4.78, 5) is 10.1. The molecule has 1 rings (SSSR count). The van der Waals surface area contributed by atoms with E-state index >= 15 is 0 Å². The van der Waals surface area contributed by atoms with Gasteiger partial charge in [-0.2, -0.15) is 0 Å². The number of guanidine groups is 1. The van der Waals surface area contributed by atoms with Gasteiger partial charge in [0.05, 0.1) is 10.7 Å². The third-order valence-electron chi connectivity index (χ3n) is 3.43. The predicted octanol–water partition coefficient (Wildman–Crippen LogP) is 3.91. The number of aromatic nitrogens is 1. The number of thiazole rings is 1. The minimum atomic E-state index is 0. The molecule has 0 aliphatic rings. The molecule has 0 aromatic carbocycles. The highest BCUT2D eigenvalue weighted by Crippen LogP contribution is 2.16. The molecule has 6 heteroatoms. The molecule has 0 aliphatic heterocycles. The standard InChI is InChI=1S/C16H30N4S.HI/c1-12(2)8-6-7-10-18-16(17-5)19-11-9-15-20-13(3)14(4)21-15;/h12H,6-11H2,1-5H3,(H2,17,18,19);1H. The fraction of sp³-hybridized carbons (Fsp3) is 0.750. The number of aryl methyl sites for hydroxylation is 2. The first-order valence-corrected chi connectivity index (χ1v) is 8.72. The Morgan fingerprint density at radius 3 is 2.41 bits per heavy atom. The van der Waals surface area contributed by atoms with Gasteiger partial charge in [-0.05, 0) is 26.2 Å². The number of aliphatic imine (C=N–C) groups is 1. The van der Waals surface area contributed by atoms with Gasteiger partial charge in [0, 0.05) is 31.4 Å². The molecule has 1 heterocycles. The van der Waals surface area contributed by atoms with Crippen molar-refractivity contribution in [3.8, 4) is 0 Å². The molecule has 0 saturated heterocycles. The molecule has 2 N–H and O–H groups in total. The van der Waals surface area contributed by atoms with E-state index in [0.717, 1.165) is 37.1 Å². The fourth-order valence-corrected chi connectivity index (χ4v) is 2.97. The minimum absolute atomic E-state index is 0. The first-order chi connectivity index (χ1) is 10.0. The molecule has 0 spiro atoms. The van der Waals surface area contributed by atoms with E-state index in [1.54, 1.807) is 11.3 Å². The largest absolute Gasteiger partial charge is 0.356 e. The SMILES string of the molecule is CN=C(NCCCCC(C)C)NCCc1nc(C)c(C)s1.I. The number of nitrogens with zero attached hydrogens (tertiary/aromatic N) is 2. The van der Waals surface area contributed by atoms with E-state index < -0.39 is 0 Å². The Morgan fingerprint density at radius 2 is 1.86 bits per heavy atom. The van der Waals surface area contributed by atoms with Gasteiger partial charge in [-0.15, -0.1) is 35.3 Å². The van der Waals surface area contributed by atoms with Gasteiger partial charge in [0.15, 0.2) is 5.96 Å². The Labute approximate surface area is 156 Å². The van der Waals surface area contributed by atoms with Gasteiger partial charge in [-0.1, -0.05) is 26.7 Å². The van der Waals surface area contributed by atoms with Crippen molar-refractivity contribution < 1.29 is 0 Å². The summed E-state index contributed by atoms with van der Waals surface area (Å²) in [7, 11) is 1.82. The van der Waals surface area contributed by atoms with Crippen LogP contribution in [0, 0.1) is 19.8 Å². The molecule has 22 heavy (non-hydrogen) atoms. The highest BCUT2D eigenvalue weighted by Gasteiger charge is 2.04. The average Bonchev–Trinajstić information content (AvgIpc) is 2.75. The Bertz CT molecular complexity index is 424. The molecule has 128 valence electrons. The van der Waals surface area contributed by atoms with Crippen LogP contribution in [0.25, 0.3) is 0 Å². The minimum Gasteiger partial charge on any atom is -0.356 e. The van der Waals surface area contributed by atoms with E-state index in [2.05, 4.69) is 48.3 Å². The predicted molar refractivity (Wildman–Crippen MR) is 109 cm³/mol. The van der Waals surface area contributed by atoms with E-state index in [0.29, 0.717) is 0 Å². The number of rotatable bonds is 8. The van der Waals surface area contributed by atoms with Crippen molar-refractivity contribution >= 4 is 41.3 Å². The van der Waals surface area contributed by atoms with Crippen LogP contribution < -0.4 is 10.6 Å². The van der Waals surface area contributed by atoms with Crippen molar-refractivity contribution in [2.24, 2.45) is 10.9 Å². The number of hydrogen-bond acceptors (Lipinski definition) is 3. The van der Waals surface area contributed by atoms with Crippen molar-refractivity contribution in [1.29, 1.82) is 0 Å². The zero-order valence-electron chi connectivity index (χ0n) is 14.5. The van der Waals surface area contributed by atoms with Crippen molar-refractivity contribution in [1.82, 2.24) is 15.6 Å². The van der Waals surface area contributed by atoms with Crippen LogP contribution in [0.3, 0.4) is 0 Å². The molecule has 1 aromatic heterocycles. The first kappa shape index (κ1) is 21.6. The second-order valence-electron chi connectivity index (χ2n) is 5.81. The quantitative estimate of drug-likeness (QED) is 0.280. The molecule has 4 nitrogen and oxygen atoms in total. The van der Waals surface area contributed by atoms with Crippen LogP contribution in [0.1, 0.15) is 48.7 Å². The van der Waals surface area contributed by atoms with Gasteiger partial charge in [0.2, 0.25) is 0 Å². The van der Waals surface area contributed by atoms with Crippen molar-refractivity contribution in [2.45, 2.75) is 53.4 Å². The fourth-order valence-electron chi connectivity index (χ4n) is 2.04. The van der Waals surface area contributed by atoms with Gasteiger partial charge in [-0.25, -0.2) is 4.98 Å². The van der Waals surface area contributed by atoms with E-state index in [4.69, 9.17) is 0 Å². The lowest BCUT2D eigenvalue weighted by Crippen LogP contribution is -2.38.